The second-order valence-electron chi connectivity index (χ2n) is 5.20. The molecule has 1 heterocycles. The predicted octanol–water partition coefficient (Wildman–Crippen LogP) is 2.27. The van der Waals surface area contributed by atoms with Crippen LogP contribution in [0.3, 0.4) is 0 Å². The van der Waals surface area contributed by atoms with E-state index in [9.17, 15) is 0 Å². The maximum absolute atomic E-state index is 5.44. The van der Waals surface area contributed by atoms with Crippen molar-refractivity contribution in [2.24, 2.45) is 0 Å². The Morgan fingerprint density at radius 2 is 2.40 bits per heavy atom. The zero-order valence-electron chi connectivity index (χ0n) is 12.3. The van der Waals surface area contributed by atoms with Gasteiger partial charge in [-0.05, 0) is 43.6 Å². The smallest absolute Gasteiger partial charge is 0.148 e. The number of benzene rings is 1. The van der Waals surface area contributed by atoms with Crippen LogP contribution in [0.1, 0.15) is 25.3 Å². The van der Waals surface area contributed by atoms with Gasteiger partial charge in [-0.3, -0.25) is 4.90 Å². The lowest BCUT2D eigenvalue weighted by molar-refractivity contribution is 0.260. The summed E-state index contributed by atoms with van der Waals surface area (Å²) in [6, 6.07) is 8.81. The van der Waals surface area contributed by atoms with Gasteiger partial charge < -0.3 is 10.1 Å². The summed E-state index contributed by atoms with van der Waals surface area (Å²) in [5.74, 6) is 3.33. The highest BCUT2D eigenvalue weighted by molar-refractivity contribution is 5.28. The fourth-order valence-electron chi connectivity index (χ4n) is 2.80. The molecule has 0 aromatic heterocycles. The van der Waals surface area contributed by atoms with Gasteiger partial charge in [0.05, 0.1) is 0 Å². The normalized spacial score (nSPS) is 18.9. The maximum atomic E-state index is 5.44. The van der Waals surface area contributed by atoms with Gasteiger partial charge in [-0.25, -0.2) is 0 Å². The minimum absolute atomic E-state index is 0.324. The van der Waals surface area contributed by atoms with E-state index in [1.165, 1.54) is 24.9 Å². The molecule has 3 heteroatoms. The molecule has 20 heavy (non-hydrogen) atoms. The van der Waals surface area contributed by atoms with E-state index in [1.807, 2.05) is 12.1 Å². The number of likely N-dealkylation sites (tertiary alicyclic amines) is 1. The summed E-state index contributed by atoms with van der Waals surface area (Å²) in [4.78, 5) is 2.56. The standard InChI is InChI=1S/C17H24N2O/c1-3-11-20-17-9-5-7-15(12-17)13-18-14-16-8-6-10-19(16)4-2/h1,5,7,9,12,16,18H,4,6,8,10-11,13-14H2,2H3. The van der Waals surface area contributed by atoms with E-state index < -0.39 is 0 Å². The molecular weight excluding hydrogens is 248 g/mol. The van der Waals surface area contributed by atoms with E-state index in [1.54, 1.807) is 0 Å². The molecule has 1 N–H and O–H groups in total. The second-order valence-corrected chi connectivity index (χ2v) is 5.20. The summed E-state index contributed by atoms with van der Waals surface area (Å²) in [5.41, 5.74) is 1.24. The zero-order valence-corrected chi connectivity index (χ0v) is 12.3. The number of terminal acetylenes is 1. The predicted molar refractivity (Wildman–Crippen MR) is 82.7 cm³/mol. The Morgan fingerprint density at radius 3 is 3.20 bits per heavy atom. The van der Waals surface area contributed by atoms with Crippen molar-refractivity contribution in [1.82, 2.24) is 10.2 Å². The molecule has 1 saturated heterocycles. The fourth-order valence-corrected chi connectivity index (χ4v) is 2.80. The second kappa shape index (κ2) is 7.94. The number of nitrogens with one attached hydrogen (secondary N) is 1. The fraction of sp³-hybridized carbons (Fsp3) is 0.529. The number of hydrogen-bond acceptors (Lipinski definition) is 3. The van der Waals surface area contributed by atoms with Crippen LogP contribution in [0.15, 0.2) is 24.3 Å². The lowest BCUT2D eigenvalue weighted by Crippen LogP contribution is -2.37. The quantitative estimate of drug-likeness (QED) is 0.771. The number of nitrogens with zero attached hydrogens (tertiary/aromatic N) is 1. The molecule has 1 aliphatic heterocycles. The highest BCUT2D eigenvalue weighted by Gasteiger charge is 2.21. The van der Waals surface area contributed by atoms with Crippen LogP contribution in [0.25, 0.3) is 0 Å². The van der Waals surface area contributed by atoms with E-state index in [0.29, 0.717) is 12.6 Å². The Kier molecular flexibility index (Phi) is 5.91. The van der Waals surface area contributed by atoms with Crippen LogP contribution in [0.5, 0.6) is 5.75 Å². The molecule has 0 radical (unpaired) electrons. The van der Waals surface area contributed by atoms with Gasteiger partial charge in [-0.1, -0.05) is 25.0 Å². The van der Waals surface area contributed by atoms with Crippen LogP contribution in [-0.2, 0) is 6.54 Å². The molecule has 0 bridgehead atoms. The lowest BCUT2D eigenvalue weighted by Gasteiger charge is -2.23. The van der Waals surface area contributed by atoms with Crippen LogP contribution in [0, 0.1) is 12.3 Å². The largest absolute Gasteiger partial charge is 0.481 e. The minimum atomic E-state index is 0.324. The van der Waals surface area contributed by atoms with E-state index in [0.717, 1.165) is 25.4 Å². The summed E-state index contributed by atoms with van der Waals surface area (Å²) in [6.45, 7) is 6.90. The molecule has 0 saturated carbocycles. The Balaban J connectivity index is 1.77. The van der Waals surface area contributed by atoms with Gasteiger partial charge in [0, 0.05) is 19.1 Å². The first kappa shape index (κ1) is 14.9. The molecule has 3 nitrogen and oxygen atoms in total. The van der Waals surface area contributed by atoms with E-state index in [-0.39, 0.29) is 0 Å². The first-order chi connectivity index (χ1) is 9.83. The molecule has 1 unspecified atom stereocenters. The van der Waals surface area contributed by atoms with Crippen molar-refractivity contribution in [3.05, 3.63) is 29.8 Å². The number of hydrogen-bond donors (Lipinski definition) is 1. The van der Waals surface area contributed by atoms with Gasteiger partial charge in [0.1, 0.15) is 12.4 Å². The van der Waals surface area contributed by atoms with Crippen LogP contribution in [0.2, 0.25) is 0 Å². The van der Waals surface area contributed by atoms with Crippen LogP contribution >= 0.6 is 0 Å². The first-order valence-corrected chi connectivity index (χ1v) is 7.43. The molecule has 1 aliphatic rings. The average molecular weight is 272 g/mol. The third kappa shape index (κ3) is 4.26. The molecule has 0 aliphatic carbocycles. The van der Waals surface area contributed by atoms with Gasteiger partial charge >= 0.3 is 0 Å². The molecule has 1 aromatic carbocycles. The van der Waals surface area contributed by atoms with Crippen LogP contribution < -0.4 is 10.1 Å². The SMILES string of the molecule is C#CCOc1cccc(CNCC2CCCN2CC)c1. The van der Waals surface area contributed by atoms with E-state index >= 15 is 0 Å². The molecular formula is C17H24N2O. The van der Waals surface area contributed by atoms with E-state index in [2.05, 4.69) is 35.2 Å². The van der Waals surface area contributed by atoms with Crippen molar-refractivity contribution >= 4 is 0 Å². The molecule has 1 aromatic rings. The Labute approximate surface area is 122 Å². The minimum Gasteiger partial charge on any atom is -0.481 e. The molecule has 0 spiro atoms. The number of ether oxygens (including phenoxy) is 1. The third-order valence-corrected chi connectivity index (χ3v) is 3.83. The lowest BCUT2D eigenvalue weighted by atomic mass is 10.2. The molecule has 108 valence electrons. The van der Waals surface area contributed by atoms with Crippen LogP contribution in [0.4, 0.5) is 0 Å². The van der Waals surface area contributed by atoms with Crippen molar-refractivity contribution in [1.29, 1.82) is 0 Å². The number of rotatable bonds is 7. The van der Waals surface area contributed by atoms with Gasteiger partial charge in [0.25, 0.3) is 0 Å². The van der Waals surface area contributed by atoms with Gasteiger partial charge in [0.2, 0.25) is 0 Å². The van der Waals surface area contributed by atoms with Crippen molar-refractivity contribution in [2.75, 3.05) is 26.2 Å². The van der Waals surface area contributed by atoms with Crippen LogP contribution in [-0.4, -0.2) is 37.2 Å². The Hall–Kier alpha value is -1.50. The Bertz CT molecular complexity index is 453. The maximum Gasteiger partial charge on any atom is 0.148 e. The first-order valence-electron chi connectivity index (χ1n) is 7.43. The summed E-state index contributed by atoms with van der Waals surface area (Å²) in [5, 5.41) is 3.55. The highest BCUT2D eigenvalue weighted by Crippen LogP contribution is 2.16. The summed E-state index contributed by atoms with van der Waals surface area (Å²) < 4.78 is 5.44. The average Bonchev–Trinajstić information content (AvgIpc) is 2.93. The summed E-state index contributed by atoms with van der Waals surface area (Å²) >= 11 is 0. The highest BCUT2D eigenvalue weighted by atomic mass is 16.5. The van der Waals surface area contributed by atoms with Crippen molar-refractivity contribution in [3.63, 3.8) is 0 Å². The summed E-state index contributed by atoms with van der Waals surface area (Å²) in [6.07, 6.45) is 7.84. The van der Waals surface area contributed by atoms with Gasteiger partial charge in [-0.15, -0.1) is 6.42 Å². The molecule has 1 fully saturated rings. The van der Waals surface area contributed by atoms with Crippen molar-refractivity contribution in [3.8, 4) is 18.1 Å². The Morgan fingerprint density at radius 1 is 1.50 bits per heavy atom. The van der Waals surface area contributed by atoms with Crippen molar-refractivity contribution in [2.45, 2.75) is 32.4 Å². The molecule has 1 atom stereocenters. The van der Waals surface area contributed by atoms with Crippen molar-refractivity contribution < 1.29 is 4.74 Å². The summed E-state index contributed by atoms with van der Waals surface area (Å²) in [7, 11) is 0. The topological polar surface area (TPSA) is 24.5 Å². The third-order valence-electron chi connectivity index (χ3n) is 3.83. The number of likely N-dealkylation sites (N-methyl/N-ethyl adjacent to an activating group) is 1. The zero-order chi connectivity index (χ0) is 14.2. The van der Waals surface area contributed by atoms with E-state index in [4.69, 9.17) is 11.2 Å². The molecule has 0 amide bonds. The van der Waals surface area contributed by atoms with Gasteiger partial charge in [0.15, 0.2) is 0 Å². The molecule has 2 rings (SSSR count). The van der Waals surface area contributed by atoms with Gasteiger partial charge in [-0.2, -0.15) is 0 Å². The monoisotopic (exact) mass is 272 g/mol.